The smallest absolute Gasteiger partial charge is 0.224 e. The number of thioether (sulfide) groups is 1. The molecule has 5 aliphatic rings. The minimum atomic E-state index is -0.609. The Balaban J connectivity index is 1.47. The number of ether oxygens (including phenoxy) is 2. The highest BCUT2D eigenvalue weighted by Crippen LogP contribution is 2.73. The van der Waals surface area contributed by atoms with Crippen LogP contribution in [0.15, 0.2) is 54.6 Å². The van der Waals surface area contributed by atoms with Gasteiger partial charge in [-0.2, -0.15) is 0 Å². The molecule has 4 fully saturated rings. The maximum atomic E-state index is 13.4. The molecule has 2 aromatic carbocycles. The van der Waals surface area contributed by atoms with Crippen LogP contribution in [0.2, 0.25) is 0 Å². The van der Waals surface area contributed by atoms with Crippen LogP contribution < -0.4 is 4.90 Å². The van der Waals surface area contributed by atoms with Crippen LogP contribution in [0.3, 0.4) is 0 Å². The van der Waals surface area contributed by atoms with Crippen molar-refractivity contribution in [1.29, 1.82) is 0 Å². The van der Waals surface area contributed by atoms with E-state index >= 15 is 0 Å². The van der Waals surface area contributed by atoms with Gasteiger partial charge in [0, 0.05) is 30.6 Å². The van der Waals surface area contributed by atoms with E-state index in [1.807, 2.05) is 6.26 Å². The first-order valence-electron chi connectivity index (χ1n) is 12.7. The second kappa shape index (κ2) is 7.70. The van der Waals surface area contributed by atoms with Crippen molar-refractivity contribution < 1.29 is 14.3 Å². The van der Waals surface area contributed by atoms with Gasteiger partial charge in [0.25, 0.3) is 0 Å². The van der Waals surface area contributed by atoms with E-state index in [0.717, 1.165) is 38.8 Å². The molecule has 4 aliphatic heterocycles. The van der Waals surface area contributed by atoms with E-state index in [2.05, 4.69) is 64.4 Å². The summed E-state index contributed by atoms with van der Waals surface area (Å²) >= 11 is 7.15. The minimum Gasteiger partial charge on any atom is -0.473 e. The summed E-state index contributed by atoms with van der Waals surface area (Å²) in [5, 5.41) is 0. The Morgan fingerprint density at radius 1 is 1.14 bits per heavy atom. The Bertz CT molecular complexity index is 1210. The summed E-state index contributed by atoms with van der Waals surface area (Å²) in [4.78, 5) is 18.1. The number of carbonyl (C=O) groups is 1. The first-order chi connectivity index (χ1) is 17.1. The van der Waals surface area contributed by atoms with Crippen LogP contribution in [-0.2, 0) is 26.2 Å². The molecule has 0 radical (unpaired) electrons. The van der Waals surface area contributed by atoms with Crippen molar-refractivity contribution in [2.75, 3.05) is 24.3 Å². The normalized spacial score (nSPS) is 36.4. The van der Waals surface area contributed by atoms with Crippen LogP contribution >= 0.6 is 24.0 Å². The number of para-hydroxylation sites is 1. The summed E-state index contributed by atoms with van der Waals surface area (Å²) in [6, 6.07) is 19.5. The van der Waals surface area contributed by atoms with Crippen molar-refractivity contribution in [3.8, 4) is 0 Å². The number of hydrogen-bond acceptors (Lipinski definition) is 6. The number of amides is 1. The van der Waals surface area contributed by atoms with Crippen LogP contribution in [0.25, 0.3) is 0 Å². The van der Waals surface area contributed by atoms with E-state index < -0.39 is 5.72 Å². The minimum absolute atomic E-state index is 0.0346. The zero-order valence-electron chi connectivity index (χ0n) is 19.9. The molecule has 0 unspecified atom stereocenters. The molecular weight excluding hydrogens is 476 g/mol. The number of carbonyl (C=O) groups excluding carboxylic acids is 1. The predicted octanol–water partition coefficient (Wildman–Crippen LogP) is 4.88. The van der Waals surface area contributed by atoms with Gasteiger partial charge in [-0.25, -0.2) is 0 Å². The predicted molar refractivity (Wildman–Crippen MR) is 141 cm³/mol. The molecular formula is C28H30N2O3S2. The Labute approximate surface area is 216 Å². The molecule has 2 spiro atoms. The number of nitrogens with zero attached hydrogens (tertiary/aromatic N) is 2. The number of benzene rings is 2. The Morgan fingerprint density at radius 3 is 2.77 bits per heavy atom. The summed E-state index contributed by atoms with van der Waals surface area (Å²) in [7, 11) is 0. The topological polar surface area (TPSA) is 42.0 Å². The SMILES string of the molecule is CSC(=S)O[C@@H]1C[C@]23CCO[C@@]24N(CC[C@]42c4ccccc4N(Cc4ccccc4)[C@H]12)C(=O)CC3. The van der Waals surface area contributed by atoms with Gasteiger partial charge in [-0.3, -0.25) is 4.79 Å². The van der Waals surface area contributed by atoms with Gasteiger partial charge in [-0.15, -0.1) is 0 Å². The lowest BCUT2D eigenvalue weighted by Crippen LogP contribution is -2.76. The van der Waals surface area contributed by atoms with Crippen molar-refractivity contribution in [3.05, 3.63) is 65.7 Å². The molecule has 1 saturated carbocycles. The summed E-state index contributed by atoms with van der Waals surface area (Å²) in [6.45, 7) is 2.22. The highest BCUT2D eigenvalue weighted by molar-refractivity contribution is 8.22. The number of rotatable bonds is 3. The average molecular weight is 507 g/mol. The van der Waals surface area contributed by atoms with Crippen LogP contribution in [0, 0.1) is 5.41 Å². The third kappa shape index (κ3) is 2.64. The Hall–Kier alpha value is -2.09. The number of fused-ring (bicyclic) bond motifs is 1. The van der Waals surface area contributed by atoms with Crippen LogP contribution in [0.1, 0.15) is 43.2 Å². The quantitative estimate of drug-likeness (QED) is 0.553. The first-order valence-corrected chi connectivity index (χ1v) is 14.3. The van der Waals surface area contributed by atoms with Crippen LogP contribution in [-0.4, -0.2) is 52.5 Å². The fourth-order valence-corrected chi connectivity index (χ4v) is 8.90. The van der Waals surface area contributed by atoms with Gasteiger partial charge >= 0.3 is 0 Å². The molecule has 1 aliphatic carbocycles. The monoisotopic (exact) mass is 506 g/mol. The van der Waals surface area contributed by atoms with Crippen LogP contribution in [0.5, 0.6) is 0 Å². The zero-order chi connectivity index (χ0) is 23.8. The molecule has 5 atom stereocenters. The molecule has 4 heterocycles. The van der Waals surface area contributed by atoms with Crippen molar-refractivity contribution in [2.45, 2.75) is 61.9 Å². The zero-order valence-corrected chi connectivity index (χ0v) is 21.6. The number of piperidine rings is 1. The maximum Gasteiger partial charge on any atom is 0.224 e. The summed E-state index contributed by atoms with van der Waals surface area (Å²) in [5.41, 5.74) is 2.76. The standard InChI is InChI=1S/C28H30N2O3S2/c1-35-25(34)33-22-17-26-12-11-23(31)30-15-13-27(28(26,30)32-16-14-26)20-9-5-6-10-21(20)29(24(22)27)18-19-7-3-2-4-8-19/h2-10,22,24H,11-18H2,1H3/t22-,24-,26+,27-,28+/m1/s1. The second-order valence-corrected chi connectivity index (χ2v) is 12.1. The number of thiocarbonyl (C=S) groups is 1. The van der Waals surface area contributed by atoms with E-state index in [4.69, 9.17) is 21.7 Å². The first kappa shape index (κ1) is 22.1. The summed E-state index contributed by atoms with van der Waals surface area (Å²) in [6.07, 6.45) is 6.11. The molecule has 7 rings (SSSR count). The largest absolute Gasteiger partial charge is 0.473 e. The van der Waals surface area contributed by atoms with Crippen molar-refractivity contribution in [1.82, 2.24) is 4.90 Å². The van der Waals surface area contributed by atoms with Gasteiger partial charge in [0.1, 0.15) is 6.10 Å². The van der Waals surface area contributed by atoms with E-state index in [0.29, 0.717) is 17.4 Å². The molecule has 3 saturated heterocycles. The highest BCUT2D eigenvalue weighted by atomic mass is 32.2. The second-order valence-electron chi connectivity index (χ2n) is 10.7. The van der Waals surface area contributed by atoms with E-state index in [1.54, 1.807) is 0 Å². The van der Waals surface area contributed by atoms with Gasteiger partial charge in [0.15, 0.2) is 5.72 Å². The third-order valence-corrected chi connectivity index (χ3v) is 10.6. The molecule has 0 N–H and O–H groups in total. The molecule has 5 nitrogen and oxygen atoms in total. The third-order valence-electron chi connectivity index (χ3n) is 9.53. The highest BCUT2D eigenvalue weighted by Gasteiger charge is 2.82. The van der Waals surface area contributed by atoms with Crippen LogP contribution in [0.4, 0.5) is 5.69 Å². The average Bonchev–Trinajstić information content (AvgIpc) is 3.52. The lowest BCUT2D eigenvalue weighted by molar-refractivity contribution is -0.241. The maximum absolute atomic E-state index is 13.4. The molecule has 0 bridgehead atoms. The molecule has 2 aromatic rings. The van der Waals surface area contributed by atoms with E-state index in [-0.39, 0.29) is 28.9 Å². The fourth-order valence-electron chi connectivity index (χ4n) is 8.56. The summed E-state index contributed by atoms with van der Waals surface area (Å²) < 4.78 is 14.2. The lowest BCUT2D eigenvalue weighted by Gasteiger charge is -2.63. The molecule has 35 heavy (non-hydrogen) atoms. The number of hydrogen-bond donors (Lipinski definition) is 0. The van der Waals surface area contributed by atoms with Gasteiger partial charge in [-0.1, -0.05) is 60.3 Å². The molecule has 7 heteroatoms. The lowest BCUT2D eigenvalue weighted by atomic mass is 9.49. The molecule has 1 amide bonds. The van der Waals surface area contributed by atoms with E-state index in [1.165, 1.54) is 28.6 Å². The Kier molecular flexibility index (Phi) is 4.87. The van der Waals surface area contributed by atoms with E-state index in [9.17, 15) is 4.79 Å². The van der Waals surface area contributed by atoms with Crippen molar-refractivity contribution >= 4 is 40.0 Å². The van der Waals surface area contributed by atoms with Crippen molar-refractivity contribution in [3.63, 3.8) is 0 Å². The van der Waals surface area contributed by atoms with Gasteiger partial charge in [0.05, 0.1) is 18.1 Å². The van der Waals surface area contributed by atoms with Gasteiger partial charge in [-0.05, 0) is 61.4 Å². The Morgan fingerprint density at radius 2 is 1.94 bits per heavy atom. The fraction of sp³-hybridized carbons (Fsp3) is 0.500. The van der Waals surface area contributed by atoms with Crippen molar-refractivity contribution in [2.24, 2.45) is 5.41 Å². The summed E-state index contributed by atoms with van der Waals surface area (Å²) in [5.74, 6) is 0.246. The number of anilines is 1. The molecule has 0 aromatic heterocycles. The molecule has 182 valence electrons. The van der Waals surface area contributed by atoms with Gasteiger partial charge < -0.3 is 19.3 Å². The van der Waals surface area contributed by atoms with Gasteiger partial charge in [0.2, 0.25) is 10.3 Å².